The lowest BCUT2D eigenvalue weighted by molar-refractivity contribution is -0.115. The molecular weight excluding hydrogens is 242 g/mol. The number of anilines is 1. The molecule has 0 saturated heterocycles. The third-order valence-electron chi connectivity index (χ3n) is 2.47. The minimum absolute atomic E-state index is 0.0867. The van der Waals surface area contributed by atoms with E-state index in [1.807, 2.05) is 13.8 Å². The van der Waals surface area contributed by atoms with E-state index in [1.165, 1.54) is 4.90 Å². The summed E-state index contributed by atoms with van der Waals surface area (Å²) in [7, 11) is 3.39. The Labute approximate surface area is 114 Å². The van der Waals surface area contributed by atoms with Crippen molar-refractivity contribution in [2.45, 2.75) is 19.9 Å². The van der Waals surface area contributed by atoms with Crippen LogP contribution < -0.4 is 10.6 Å². The van der Waals surface area contributed by atoms with Gasteiger partial charge < -0.3 is 15.5 Å². The summed E-state index contributed by atoms with van der Waals surface area (Å²) in [5.41, 5.74) is 1.18. The Hall–Kier alpha value is -1.88. The van der Waals surface area contributed by atoms with Crippen LogP contribution in [0.3, 0.4) is 0 Å². The Morgan fingerprint density at radius 1 is 1.26 bits per heavy atom. The van der Waals surface area contributed by atoms with E-state index in [-0.39, 0.29) is 24.4 Å². The fraction of sp³-hybridized carbons (Fsp3) is 0.429. The number of hydrogen-bond donors (Lipinski definition) is 2. The second-order valence-corrected chi connectivity index (χ2v) is 4.86. The quantitative estimate of drug-likeness (QED) is 0.842. The molecule has 1 rings (SSSR count). The van der Waals surface area contributed by atoms with Gasteiger partial charge in [0.25, 0.3) is 5.91 Å². The molecule has 0 radical (unpaired) electrons. The Morgan fingerprint density at radius 3 is 2.53 bits per heavy atom. The lowest BCUT2D eigenvalue weighted by atomic mass is 10.2. The van der Waals surface area contributed by atoms with Gasteiger partial charge in [0.05, 0.1) is 6.54 Å². The molecular formula is C14H21N3O2. The van der Waals surface area contributed by atoms with E-state index < -0.39 is 0 Å². The zero-order valence-corrected chi connectivity index (χ0v) is 11.9. The maximum Gasteiger partial charge on any atom is 0.253 e. The van der Waals surface area contributed by atoms with Crippen molar-refractivity contribution in [3.63, 3.8) is 0 Å². The number of rotatable bonds is 5. The van der Waals surface area contributed by atoms with Gasteiger partial charge in [0, 0.05) is 31.4 Å². The van der Waals surface area contributed by atoms with Gasteiger partial charge in [-0.1, -0.05) is 19.9 Å². The second-order valence-electron chi connectivity index (χ2n) is 4.86. The number of carbonyl (C=O) groups excluding carboxylic acids is 2. The zero-order chi connectivity index (χ0) is 14.4. The van der Waals surface area contributed by atoms with E-state index in [9.17, 15) is 9.59 Å². The molecule has 0 atom stereocenters. The molecule has 0 aliphatic heterocycles. The first-order valence-corrected chi connectivity index (χ1v) is 6.25. The lowest BCUT2D eigenvalue weighted by Crippen LogP contribution is -2.32. The minimum Gasteiger partial charge on any atom is -0.345 e. The number of nitrogens with zero attached hydrogens (tertiary/aromatic N) is 1. The monoisotopic (exact) mass is 263 g/mol. The molecule has 0 spiro atoms. The highest BCUT2D eigenvalue weighted by Gasteiger charge is 2.09. The van der Waals surface area contributed by atoms with Gasteiger partial charge in [0.15, 0.2) is 0 Å². The van der Waals surface area contributed by atoms with E-state index in [1.54, 1.807) is 38.4 Å². The van der Waals surface area contributed by atoms with E-state index in [4.69, 9.17) is 0 Å². The molecule has 0 saturated carbocycles. The van der Waals surface area contributed by atoms with Crippen molar-refractivity contribution in [2.75, 3.05) is 26.0 Å². The Balaban J connectivity index is 2.67. The predicted molar refractivity (Wildman–Crippen MR) is 76.2 cm³/mol. The van der Waals surface area contributed by atoms with Crippen molar-refractivity contribution < 1.29 is 9.59 Å². The van der Waals surface area contributed by atoms with Crippen LogP contribution in [-0.2, 0) is 4.79 Å². The third-order valence-corrected chi connectivity index (χ3v) is 2.47. The van der Waals surface area contributed by atoms with Crippen LogP contribution in [0.4, 0.5) is 5.69 Å². The van der Waals surface area contributed by atoms with Gasteiger partial charge in [-0.15, -0.1) is 0 Å². The van der Waals surface area contributed by atoms with Gasteiger partial charge in [-0.2, -0.15) is 0 Å². The van der Waals surface area contributed by atoms with Crippen molar-refractivity contribution in [1.82, 2.24) is 10.2 Å². The smallest absolute Gasteiger partial charge is 0.253 e. The number of amides is 2. The first kappa shape index (κ1) is 15.2. The molecule has 0 heterocycles. The minimum atomic E-state index is -0.122. The Kier molecular flexibility index (Phi) is 5.51. The summed E-state index contributed by atoms with van der Waals surface area (Å²) in [5.74, 6) is -0.209. The Bertz CT molecular complexity index is 456. The van der Waals surface area contributed by atoms with Gasteiger partial charge in [-0.25, -0.2) is 0 Å². The first-order chi connectivity index (χ1) is 8.90. The number of benzene rings is 1. The molecule has 0 aliphatic rings. The average Bonchev–Trinajstić information content (AvgIpc) is 2.35. The summed E-state index contributed by atoms with van der Waals surface area (Å²) in [5, 5.41) is 5.79. The summed E-state index contributed by atoms with van der Waals surface area (Å²) < 4.78 is 0. The molecule has 0 aliphatic carbocycles. The SMILES string of the molecule is CC(C)NCC(=O)Nc1cccc(C(=O)N(C)C)c1. The molecule has 0 unspecified atom stereocenters. The maximum atomic E-state index is 11.8. The fourth-order valence-electron chi connectivity index (χ4n) is 1.49. The molecule has 104 valence electrons. The molecule has 0 bridgehead atoms. The zero-order valence-electron chi connectivity index (χ0n) is 11.9. The fourth-order valence-corrected chi connectivity index (χ4v) is 1.49. The topological polar surface area (TPSA) is 61.4 Å². The van der Waals surface area contributed by atoms with Crippen molar-refractivity contribution >= 4 is 17.5 Å². The van der Waals surface area contributed by atoms with Crippen molar-refractivity contribution in [3.05, 3.63) is 29.8 Å². The van der Waals surface area contributed by atoms with E-state index >= 15 is 0 Å². The van der Waals surface area contributed by atoms with Gasteiger partial charge in [-0.3, -0.25) is 9.59 Å². The van der Waals surface area contributed by atoms with E-state index in [2.05, 4.69) is 10.6 Å². The standard InChI is InChI=1S/C14H21N3O2/c1-10(2)15-9-13(18)16-12-7-5-6-11(8-12)14(19)17(3)4/h5-8,10,15H,9H2,1-4H3,(H,16,18). The van der Waals surface area contributed by atoms with E-state index in [0.717, 1.165) is 0 Å². The number of carbonyl (C=O) groups is 2. The summed E-state index contributed by atoms with van der Waals surface area (Å²) in [4.78, 5) is 25.0. The van der Waals surface area contributed by atoms with Crippen LogP contribution in [0, 0.1) is 0 Å². The van der Waals surface area contributed by atoms with Gasteiger partial charge in [-0.05, 0) is 18.2 Å². The van der Waals surface area contributed by atoms with Crippen molar-refractivity contribution in [2.24, 2.45) is 0 Å². The lowest BCUT2D eigenvalue weighted by Gasteiger charge is -2.12. The predicted octanol–water partition coefficient (Wildman–Crippen LogP) is 1.32. The van der Waals surface area contributed by atoms with Crippen LogP contribution in [0.15, 0.2) is 24.3 Å². The van der Waals surface area contributed by atoms with Crippen LogP contribution in [0.5, 0.6) is 0 Å². The molecule has 2 amide bonds. The van der Waals surface area contributed by atoms with Crippen LogP contribution in [0.25, 0.3) is 0 Å². The largest absolute Gasteiger partial charge is 0.345 e. The summed E-state index contributed by atoms with van der Waals surface area (Å²) >= 11 is 0. The summed E-state index contributed by atoms with van der Waals surface area (Å²) in [6.07, 6.45) is 0. The third kappa shape index (κ3) is 5.09. The van der Waals surface area contributed by atoms with Crippen molar-refractivity contribution in [3.8, 4) is 0 Å². The molecule has 0 aromatic heterocycles. The maximum absolute atomic E-state index is 11.8. The normalized spacial score (nSPS) is 10.4. The number of hydrogen-bond acceptors (Lipinski definition) is 3. The molecule has 19 heavy (non-hydrogen) atoms. The van der Waals surface area contributed by atoms with Gasteiger partial charge in [0.2, 0.25) is 5.91 Å². The second kappa shape index (κ2) is 6.89. The van der Waals surface area contributed by atoms with Crippen LogP contribution in [-0.4, -0.2) is 43.4 Å². The van der Waals surface area contributed by atoms with E-state index in [0.29, 0.717) is 11.3 Å². The van der Waals surface area contributed by atoms with Crippen LogP contribution in [0.1, 0.15) is 24.2 Å². The average molecular weight is 263 g/mol. The molecule has 5 nitrogen and oxygen atoms in total. The highest BCUT2D eigenvalue weighted by molar-refractivity contribution is 5.97. The highest BCUT2D eigenvalue weighted by atomic mass is 16.2. The molecule has 1 aromatic rings. The van der Waals surface area contributed by atoms with Gasteiger partial charge >= 0.3 is 0 Å². The highest BCUT2D eigenvalue weighted by Crippen LogP contribution is 2.11. The Morgan fingerprint density at radius 2 is 1.95 bits per heavy atom. The van der Waals surface area contributed by atoms with Crippen LogP contribution in [0.2, 0.25) is 0 Å². The molecule has 0 fully saturated rings. The summed E-state index contributed by atoms with van der Waals surface area (Å²) in [6.45, 7) is 4.21. The first-order valence-electron chi connectivity index (χ1n) is 6.25. The molecule has 5 heteroatoms. The van der Waals surface area contributed by atoms with Crippen molar-refractivity contribution in [1.29, 1.82) is 0 Å². The summed E-state index contributed by atoms with van der Waals surface area (Å²) in [6, 6.07) is 7.18. The van der Waals surface area contributed by atoms with Crippen LogP contribution >= 0.6 is 0 Å². The van der Waals surface area contributed by atoms with Gasteiger partial charge in [0.1, 0.15) is 0 Å². The molecule has 2 N–H and O–H groups in total. The molecule has 1 aromatic carbocycles. The number of nitrogens with one attached hydrogen (secondary N) is 2.